The molecule has 0 aromatic carbocycles. The highest BCUT2D eigenvalue weighted by Gasteiger charge is 2.29. The number of amides is 1. The lowest BCUT2D eigenvalue weighted by molar-refractivity contribution is -0.136. The van der Waals surface area contributed by atoms with Gasteiger partial charge in [-0.15, -0.1) is 0 Å². The molecule has 2 rings (SSSR count). The maximum absolute atomic E-state index is 12.8. The van der Waals surface area contributed by atoms with Crippen LogP contribution in [0.15, 0.2) is 10.7 Å². The number of furan rings is 1. The highest BCUT2D eigenvalue weighted by Crippen LogP contribution is 2.26. The van der Waals surface area contributed by atoms with Crippen LogP contribution in [0.5, 0.6) is 0 Å². The van der Waals surface area contributed by atoms with Gasteiger partial charge in [-0.2, -0.15) is 0 Å². The molecule has 21 heavy (non-hydrogen) atoms. The molecule has 0 spiro atoms. The molecular formula is C16H23NO4. The Morgan fingerprint density at radius 3 is 2.57 bits per heavy atom. The maximum Gasteiger partial charge on any atom is 0.311 e. The SMILES string of the molecule is CCN(C(=O)c1c(C)coc1CC(=O)O)C1CCCCC1. The summed E-state index contributed by atoms with van der Waals surface area (Å²) >= 11 is 0. The molecule has 0 atom stereocenters. The first kappa shape index (κ1) is 15.6. The third-order valence-corrected chi connectivity index (χ3v) is 4.19. The molecule has 1 amide bonds. The van der Waals surface area contributed by atoms with Crippen LogP contribution < -0.4 is 0 Å². The molecule has 116 valence electrons. The van der Waals surface area contributed by atoms with Crippen molar-refractivity contribution in [3.8, 4) is 0 Å². The number of hydrogen-bond acceptors (Lipinski definition) is 3. The summed E-state index contributed by atoms with van der Waals surface area (Å²) in [5, 5.41) is 8.94. The molecule has 1 N–H and O–H groups in total. The monoisotopic (exact) mass is 293 g/mol. The highest BCUT2D eigenvalue weighted by molar-refractivity contribution is 5.97. The van der Waals surface area contributed by atoms with E-state index in [1.165, 1.54) is 12.7 Å². The topological polar surface area (TPSA) is 70.8 Å². The molecule has 1 saturated carbocycles. The Labute approximate surface area is 124 Å². The van der Waals surface area contributed by atoms with Gasteiger partial charge in [0.05, 0.1) is 11.8 Å². The van der Waals surface area contributed by atoms with Crippen LogP contribution in [-0.4, -0.2) is 34.5 Å². The van der Waals surface area contributed by atoms with Gasteiger partial charge in [0, 0.05) is 18.2 Å². The van der Waals surface area contributed by atoms with Gasteiger partial charge < -0.3 is 14.4 Å². The summed E-state index contributed by atoms with van der Waals surface area (Å²) in [5.74, 6) is -0.815. The fourth-order valence-corrected chi connectivity index (χ4v) is 3.16. The van der Waals surface area contributed by atoms with E-state index in [0.29, 0.717) is 17.7 Å². The van der Waals surface area contributed by atoms with E-state index in [0.717, 1.165) is 25.7 Å². The van der Waals surface area contributed by atoms with Gasteiger partial charge in [0.1, 0.15) is 12.2 Å². The summed E-state index contributed by atoms with van der Waals surface area (Å²) in [6, 6.07) is 0.267. The van der Waals surface area contributed by atoms with Crippen molar-refractivity contribution in [1.82, 2.24) is 4.90 Å². The molecule has 0 radical (unpaired) electrons. The molecule has 0 unspecified atom stereocenters. The minimum Gasteiger partial charge on any atom is -0.481 e. The van der Waals surface area contributed by atoms with E-state index in [9.17, 15) is 9.59 Å². The van der Waals surface area contributed by atoms with Crippen LogP contribution in [0.1, 0.15) is 60.7 Å². The van der Waals surface area contributed by atoms with Crippen LogP contribution in [0.25, 0.3) is 0 Å². The third-order valence-electron chi connectivity index (χ3n) is 4.19. The van der Waals surface area contributed by atoms with Crippen molar-refractivity contribution in [3.05, 3.63) is 23.2 Å². The number of carboxylic acid groups (broad SMARTS) is 1. The van der Waals surface area contributed by atoms with Gasteiger partial charge >= 0.3 is 5.97 Å². The maximum atomic E-state index is 12.8. The smallest absolute Gasteiger partial charge is 0.311 e. The second-order valence-electron chi connectivity index (χ2n) is 5.67. The second-order valence-corrected chi connectivity index (χ2v) is 5.67. The number of nitrogens with zero attached hydrogens (tertiary/aromatic N) is 1. The molecule has 1 aliphatic carbocycles. The van der Waals surface area contributed by atoms with E-state index in [2.05, 4.69) is 0 Å². The molecule has 1 aliphatic rings. The van der Waals surface area contributed by atoms with Gasteiger partial charge in [-0.25, -0.2) is 0 Å². The lowest BCUT2D eigenvalue weighted by Gasteiger charge is -2.33. The molecule has 0 aliphatic heterocycles. The average Bonchev–Trinajstić information content (AvgIpc) is 2.81. The van der Waals surface area contributed by atoms with Crippen molar-refractivity contribution >= 4 is 11.9 Å². The molecule has 1 heterocycles. The van der Waals surface area contributed by atoms with Gasteiger partial charge in [0.2, 0.25) is 0 Å². The summed E-state index contributed by atoms with van der Waals surface area (Å²) in [4.78, 5) is 25.6. The number of carbonyl (C=O) groups excluding carboxylic acids is 1. The van der Waals surface area contributed by atoms with E-state index in [1.54, 1.807) is 6.92 Å². The first-order valence-corrected chi connectivity index (χ1v) is 7.64. The van der Waals surface area contributed by atoms with Gasteiger partial charge in [0.15, 0.2) is 0 Å². The predicted molar refractivity (Wildman–Crippen MR) is 78.4 cm³/mol. The molecule has 0 bridgehead atoms. The van der Waals surface area contributed by atoms with Gasteiger partial charge in [-0.3, -0.25) is 9.59 Å². The summed E-state index contributed by atoms with van der Waals surface area (Å²) in [5.41, 5.74) is 1.15. The van der Waals surface area contributed by atoms with E-state index < -0.39 is 5.97 Å². The number of carbonyl (C=O) groups is 2. The fraction of sp³-hybridized carbons (Fsp3) is 0.625. The van der Waals surface area contributed by atoms with Crippen molar-refractivity contribution < 1.29 is 19.1 Å². The third kappa shape index (κ3) is 3.46. The van der Waals surface area contributed by atoms with Gasteiger partial charge in [-0.05, 0) is 26.7 Å². The van der Waals surface area contributed by atoms with Crippen LogP contribution in [0.4, 0.5) is 0 Å². The lowest BCUT2D eigenvalue weighted by Crippen LogP contribution is -2.41. The van der Waals surface area contributed by atoms with Crippen molar-refractivity contribution in [2.75, 3.05) is 6.54 Å². The zero-order valence-corrected chi connectivity index (χ0v) is 12.7. The second kappa shape index (κ2) is 6.78. The Kier molecular flexibility index (Phi) is 5.04. The lowest BCUT2D eigenvalue weighted by atomic mass is 9.93. The Morgan fingerprint density at radius 2 is 2.00 bits per heavy atom. The van der Waals surface area contributed by atoms with Crippen LogP contribution in [0.3, 0.4) is 0 Å². The van der Waals surface area contributed by atoms with Crippen LogP contribution >= 0.6 is 0 Å². The average molecular weight is 293 g/mol. The zero-order valence-electron chi connectivity index (χ0n) is 12.7. The van der Waals surface area contributed by atoms with Gasteiger partial charge in [0.25, 0.3) is 5.91 Å². The number of hydrogen-bond donors (Lipinski definition) is 1. The van der Waals surface area contributed by atoms with E-state index in [1.807, 2.05) is 11.8 Å². The summed E-state index contributed by atoms with van der Waals surface area (Å²) < 4.78 is 5.28. The standard InChI is InChI=1S/C16H23NO4/c1-3-17(12-7-5-4-6-8-12)16(20)15-11(2)10-21-13(15)9-14(18)19/h10,12H,3-9H2,1-2H3,(H,18,19). The molecular weight excluding hydrogens is 270 g/mol. The molecule has 1 aromatic heterocycles. The normalized spacial score (nSPS) is 15.9. The van der Waals surface area contributed by atoms with Crippen molar-refractivity contribution in [1.29, 1.82) is 0 Å². The van der Waals surface area contributed by atoms with E-state index in [4.69, 9.17) is 9.52 Å². The summed E-state index contributed by atoms with van der Waals surface area (Å²) in [6.07, 6.45) is 6.83. The van der Waals surface area contributed by atoms with Crippen molar-refractivity contribution in [2.45, 2.75) is 58.4 Å². The minimum absolute atomic E-state index is 0.0908. The van der Waals surface area contributed by atoms with Crippen LogP contribution in [0.2, 0.25) is 0 Å². The quantitative estimate of drug-likeness (QED) is 0.906. The first-order valence-electron chi connectivity index (χ1n) is 7.64. The van der Waals surface area contributed by atoms with E-state index >= 15 is 0 Å². The number of carboxylic acids is 1. The number of rotatable bonds is 5. The van der Waals surface area contributed by atoms with Crippen molar-refractivity contribution in [2.24, 2.45) is 0 Å². The first-order chi connectivity index (χ1) is 10.0. The zero-order chi connectivity index (χ0) is 15.4. The van der Waals surface area contributed by atoms with Crippen molar-refractivity contribution in [3.63, 3.8) is 0 Å². The molecule has 1 fully saturated rings. The predicted octanol–water partition coefficient (Wildman–Crippen LogP) is 3.01. The Morgan fingerprint density at radius 1 is 1.33 bits per heavy atom. The summed E-state index contributed by atoms with van der Waals surface area (Å²) in [6.45, 7) is 4.40. The largest absolute Gasteiger partial charge is 0.481 e. The molecule has 0 saturated heterocycles. The number of aryl methyl sites for hydroxylation is 1. The van der Waals surface area contributed by atoms with Crippen LogP contribution in [-0.2, 0) is 11.2 Å². The Bertz CT molecular complexity index is 514. The summed E-state index contributed by atoms with van der Waals surface area (Å²) in [7, 11) is 0. The molecule has 5 heteroatoms. The highest BCUT2D eigenvalue weighted by atomic mass is 16.4. The fourth-order valence-electron chi connectivity index (χ4n) is 3.16. The van der Waals surface area contributed by atoms with Gasteiger partial charge in [-0.1, -0.05) is 19.3 Å². The minimum atomic E-state index is -0.987. The Hall–Kier alpha value is -1.78. The van der Waals surface area contributed by atoms with Crippen LogP contribution in [0, 0.1) is 6.92 Å². The Balaban J connectivity index is 2.24. The molecule has 1 aromatic rings. The van der Waals surface area contributed by atoms with E-state index in [-0.39, 0.29) is 24.1 Å². The molecule has 5 nitrogen and oxygen atoms in total. The number of aliphatic carboxylic acids is 1.